The van der Waals surface area contributed by atoms with E-state index in [1.165, 1.54) is 43.9 Å². The predicted octanol–water partition coefficient (Wildman–Crippen LogP) is 0.272. The van der Waals surface area contributed by atoms with Gasteiger partial charge in [0.1, 0.15) is 31.5 Å². The fourth-order valence-electron chi connectivity index (χ4n) is 5.62. The lowest BCUT2D eigenvalue weighted by Crippen LogP contribution is -3.11. The van der Waals surface area contributed by atoms with Gasteiger partial charge in [-0.1, -0.05) is 18.2 Å². The fraction of sp³-hybridized carbons (Fsp3) is 0.657. The minimum Gasteiger partial charge on any atom is -0.566 e. The van der Waals surface area contributed by atoms with Crippen molar-refractivity contribution in [1.29, 1.82) is 0 Å². The summed E-state index contributed by atoms with van der Waals surface area (Å²) in [5.74, 6) is -5.63. The minimum atomic E-state index is -3.72. The van der Waals surface area contributed by atoms with Crippen LogP contribution in [-0.4, -0.2) is 130 Å². The van der Waals surface area contributed by atoms with Gasteiger partial charge in [-0.05, 0) is 37.5 Å². The van der Waals surface area contributed by atoms with Gasteiger partial charge in [0.15, 0.2) is 36.9 Å². The van der Waals surface area contributed by atoms with Gasteiger partial charge in [-0.2, -0.15) is 0 Å². The molecule has 1 aromatic carbocycles. The molecule has 0 aliphatic carbocycles. The van der Waals surface area contributed by atoms with Crippen molar-refractivity contribution in [2.24, 2.45) is 0 Å². The number of quaternary nitrogens is 1. The third-order valence-corrected chi connectivity index (χ3v) is 8.58. The van der Waals surface area contributed by atoms with Gasteiger partial charge in [0.2, 0.25) is 0 Å². The molecule has 2 aliphatic rings. The lowest BCUT2D eigenvalue weighted by Gasteiger charge is -2.47. The van der Waals surface area contributed by atoms with Crippen molar-refractivity contribution in [3.05, 3.63) is 35.9 Å². The Hall–Kier alpha value is -4.17. The first kappa shape index (κ1) is 48.0. The Labute approximate surface area is 324 Å². The Morgan fingerprint density at radius 3 is 1.57 bits per heavy atom. The number of rotatable bonds is 16. The molecule has 3 rings (SSSR count). The number of hydrogen-bond donors (Lipinski definition) is 1. The first-order valence-corrected chi connectivity index (χ1v) is 18.8. The van der Waals surface area contributed by atoms with E-state index >= 15 is 4.39 Å². The molecule has 0 aromatic heterocycles. The van der Waals surface area contributed by atoms with Crippen LogP contribution in [0.3, 0.4) is 0 Å². The molecule has 19 nitrogen and oxygen atoms in total. The molecular formula is C35H50FNO18P+. The van der Waals surface area contributed by atoms with Gasteiger partial charge < -0.3 is 52.4 Å². The zero-order valence-electron chi connectivity index (χ0n) is 32.4. The molecule has 1 N–H and O–H groups in total. The Morgan fingerprint density at radius 2 is 1.12 bits per heavy atom. The number of benzene rings is 1. The maximum atomic E-state index is 16.6. The van der Waals surface area contributed by atoms with Crippen LogP contribution in [0.4, 0.5) is 4.39 Å². The topological polar surface area (TPSA) is 239 Å². The second-order valence-electron chi connectivity index (χ2n) is 12.3. The number of carbonyl (C=O) groups is 6. The van der Waals surface area contributed by atoms with Crippen molar-refractivity contribution in [3.8, 4) is 0 Å². The number of halogens is 1. The molecule has 1 aromatic rings. The highest BCUT2D eigenvalue weighted by molar-refractivity contribution is 7.30. The Balaban J connectivity index is 0.00000141. The van der Waals surface area contributed by atoms with E-state index in [9.17, 15) is 38.2 Å². The zero-order valence-corrected chi connectivity index (χ0v) is 33.3. The van der Waals surface area contributed by atoms with Crippen molar-refractivity contribution in [1.82, 2.24) is 0 Å². The van der Waals surface area contributed by atoms with Crippen molar-refractivity contribution in [3.63, 3.8) is 0 Å². The summed E-state index contributed by atoms with van der Waals surface area (Å²) in [6, 6.07) is 7.21. The summed E-state index contributed by atoms with van der Waals surface area (Å²) in [4.78, 5) is 85.9. The summed E-state index contributed by atoms with van der Waals surface area (Å²) < 4.78 is 81.5. The van der Waals surface area contributed by atoms with E-state index in [1.54, 1.807) is 11.0 Å². The second kappa shape index (κ2) is 23.8. The van der Waals surface area contributed by atoms with E-state index in [-0.39, 0.29) is 5.56 Å². The van der Waals surface area contributed by atoms with Crippen molar-refractivity contribution >= 4 is 44.1 Å². The third-order valence-electron chi connectivity index (χ3n) is 8.20. The van der Waals surface area contributed by atoms with Crippen LogP contribution >= 0.6 is 8.25 Å². The van der Waals surface area contributed by atoms with Gasteiger partial charge in [0.25, 0.3) is 6.29 Å². The Bertz CT molecular complexity index is 1480. The molecule has 1 unspecified atom stereocenters. The molecule has 2 fully saturated rings. The molecule has 11 atom stereocenters. The highest BCUT2D eigenvalue weighted by Crippen LogP contribution is 2.37. The number of esters is 6. The average molecular weight is 823 g/mol. The molecule has 2 heterocycles. The quantitative estimate of drug-likeness (QED) is 0.134. The molecule has 314 valence electrons. The van der Waals surface area contributed by atoms with E-state index in [0.717, 1.165) is 34.6 Å². The van der Waals surface area contributed by atoms with Gasteiger partial charge in [-0.25, -0.2) is 9.18 Å². The number of hydrogen-bond acceptors (Lipinski definition) is 18. The van der Waals surface area contributed by atoms with Gasteiger partial charge in [0.05, 0.1) is 25.2 Å². The van der Waals surface area contributed by atoms with Crippen LogP contribution in [0.2, 0.25) is 0 Å². The molecule has 2 aliphatic heterocycles. The standard InChI is InChI=1S/C29H34FO18P.C6H15N/c1-13(31)39-11-19-22(21(30)24(29(45-19)48-49(37)38)46-27(36)18-9-7-6-8-10-18)47-28-26(43-17(5)35)25(42-16(4)34)23(41-15(3)33)20(44-28)12-40-14(2)32;1-4-7(5-2)6-3/h6-10,19-26,28-29H,11-12H2,1-5H3;4-6H2,1-3H3/p+1/t19-,20-,21+,22-,23+,24+,25+,26-,28+,29-;/m1./s1. The SMILES string of the molecule is CC(=O)OC[C@H]1O[C@@H](O[C@H]2[C@H](F)[C@H](OC(=O)c3ccccc3)[C@@H](O[P+](=O)[O-])O[C@@H]2COC(C)=O)[C@H](OC(C)=O)[C@@H](OC(C)=O)[C@H]1OC(C)=O.CC[NH+](CC)CC. The second-order valence-corrected chi connectivity index (χ2v) is 13.0. The van der Waals surface area contributed by atoms with E-state index in [0.29, 0.717) is 0 Å². The molecule has 2 saturated heterocycles. The number of alkyl halides is 1. The van der Waals surface area contributed by atoms with Crippen molar-refractivity contribution in [2.75, 3.05) is 32.8 Å². The maximum Gasteiger partial charge on any atom is 0.491 e. The van der Waals surface area contributed by atoms with Gasteiger partial charge >= 0.3 is 44.1 Å². The highest BCUT2D eigenvalue weighted by Gasteiger charge is 2.58. The molecule has 0 saturated carbocycles. The van der Waals surface area contributed by atoms with Crippen LogP contribution in [0.15, 0.2) is 30.3 Å². The Kier molecular flexibility index (Phi) is 20.4. The third kappa shape index (κ3) is 15.4. The summed E-state index contributed by atoms with van der Waals surface area (Å²) in [6.45, 7) is 14.1. The molecule has 0 bridgehead atoms. The van der Waals surface area contributed by atoms with E-state index in [4.69, 9.17) is 47.2 Å². The maximum absolute atomic E-state index is 16.6. The van der Waals surface area contributed by atoms with Gasteiger partial charge in [0, 0.05) is 34.6 Å². The predicted molar refractivity (Wildman–Crippen MR) is 184 cm³/mol. The summed E-state index contributed by atoms with van der Waals surface area (Å²) in [5.41, 5.74) is -0.0564. The monoisotopic (exact) mass is 822 g/mol. The number of nitrogens with one attached hydrogen (secondary N) is 1. The summed E-state index contributed by atoms with van der Waals surface area (Å²) in [7, 11) is -3.72. The Morgan fingerprint density at radius 1 is 0.661 bits per heavy atom. The average Bonchev–Trinajstić information content (AvgIpc) is 3.12. The molecule has 0 radical (unpaired) electrons. The van der Waals surface area contributed by atoms with E-state index in [1.807, 2.05) is 0 Å². The molecule has 21 heteroatoms. The van der Waals surface area contributed by atoms with Crippen LogP contribution < -0.4 is 9.79 Å². The molecule has 0 amide bonds. The summed E-state index contributed by atoms with van der Waals surface area (Å²) in [6.07, 6.45) is -19.0. The van der Waals surface area contributed by atoms with E-state index in [2.05, 4.69) is 20.8 Å². The lowest BCUT2D eigenvalue weighted by atomic mass is 9.96. The highest BCUT2D eigenvalue weighted by atomic mass is 31.1. The number of carbonyl (C=O) groups excluding carboxylic acids is 6. The number of ether oxygens (including phenoxy) is 9. The van der Waals surface area contributed by atoms with Crippen LogP contribution in [0.5, 0.6) is 0 Å². The molecule has 56 heavy (non-hydrogen) atoms. The molecular weight excluding hydrogens is 772 g/mol. The molecule has 0 spiro atoms. The van der Waals surface area contributed by atoms with Crippen molar-refractivity contribution in [2.45, 2.75) is 117 Å². The van der Waals surface area contributed by atoms with Crippen LogP contribution in [0.1, 0.15) is 65.7 Å². The first-order chi connectivity index (χ1) is 26.4. The summed E-state index contributed by atoms with van der Waals surface area (Å²) in [5, 5.41) is 0. The first-order valence-electron chi connectivity index (χ1n) is 17.7. The van der Waals surface area contributed by atoms with E-state index < -0.39 is 119 Å². The minimum absolute atomic E-state index is 0.0564. The van der Waals surface area contributed by atoms with Crippen LogP contribution in [0.25, 0.3) is 0 Å². The van der Waals surface area contributed by atoms with Crippen LogP contribution in [0, 0.1) is 0 Å². The van der Waals surface area contributed by atoms with Crippen molar-refractivity contribution < 1.29 is 94.7 Å². The smallest absolute Gasteiger partial charge is 0.491 e. The van der Waals surface area contributed by atoms with Gasteiger partial charge in [-0.3, -0.25) is 24.0 Å². The summed E-state index contributed by atoms with van der Waals surface area (Å²) >= 11 is 0. The lowest BCUT2D eigenvalue weighted by molar-refractivity contribution is -0.894. The van der Waals surface area contributed by atoms with Gasteiger partial charge in [-0.15, -0.1) is 4.52 Å². The zero-order chi connectivity index (χ0) is 42.1. The normalized spacial score (nSPS) is 27.4. The van der Waals surface area contributed by atoms with Crippen LogP contribution in [-0.2, 0) is 75.7 Å². The largest absolute Gasteiger partial charge is 0.566 e. The fourth-order valence-corrected chi connectivity index (χ4v) is 5.96.